The Labute approximate surface area is 133 Å². The van der Waals surface area contributed by atoms with Gasteiger partial charge in [-0.2, -0.15) is 0 Å². The van der Waals surface area contributed by atoms with Crippen LogP contribution in [0.25, 0.3) is 10.4 Å². The highest BCUT2D eigenvalue weighted by atomic mass is 32.1. The van der Waals surface area contributed by atoms with Gasteiger partial charge in [0.1, 0.15) is 0 Å². The van der Waals surface area contributed by atoms with Crippen LogP contribution in [0.2, 0.25) is 0 Å². The van der Waals surface area contributed by atoms with E-state index in [0.717, 1.165) is 13.1 Å². The number of thiophene rings is 2. The Morgan fingerprint density at radius 1 is 1.10 bits per heavy atom. The van der Waals surface area contributed by atoms with E-state index >= 15 is 0 Å². The van der Waals surface area contributed by atoms with Crippen LogP contribution in [0.5, 0.6) is 0 Å². The van der Waals surface area contributed by atoms with Crippen LogP contribution < -0.4 is 5.32 Å². The number of hydrogen-bond acceptors (Lipinski definition) is 3. The largest absolute Gasteiger partial charge is 0.311 e. The molecule has 0 radical (unpaired) electrons. The molecule has 2 heterocycles. The van der Waals surface area contributed by atoms with Crippen molar-refractivity contribution in [1.29, 1.82) is 0 Å². The Hall–Kier alpha value is -1.42. The van der Waals surface area contributed by atoms with Gasteiger partial charge in [-0.15, -0.1) is 22.7 Å². The molecule has 0 amide bonds. The Bertz CT molecular complexity index is 727. The van der Waals surface area contributed by atoms with Gasteiger partial charge in [0.15, 0.2) is 0 Å². The van der Waals surface area contributed by atoms with Gasteiger partial charge in [-0.1, -0.05) is 30.3 Å². The third-order valence-electron chi connectivity index (χ3n) is 4.11. The average Bonchev–Trinajstić information content (AvgIpc) is 3.14. The smallest absolute Gasteiger partial charge is 0.0351 e. The third-order valence-corrected chi connectivity index (χ3v) is 5.97. The Morgan fingerprint density at radius 3 is 2.90 bits per heavy atom. The summed E-state index contributed by atoms with van der Waals surface area (Å²) in [5.41, 5.74) is 4.43. The minimum absolute atomic E-state index is 0.706. The van der Waals surface area contributed by atoms with Crippen LogP contribution in [0.3, 0.4) is 0 Å². The number of rotatable bonds is 5. The van der Waals surface area contributed by atoms with Crippen molar-refractivity contribution in [3.63, 3.8) is 0 Å². The van der Waals surface area contributed by atoms with Crippen LogP contribution in [-0.4, -0.2) is 6.54 Å². The highest BCUT2D eigenvalue weighted by Crippen LogP contribution is 2.34. The third kappa shape index (κ3) is 2.69. The molecule has 0 aliphatic heterocycles. The lowest BCUT2D eigenvalue weighted by Crippen LogP contribution is -2.28. The summed E-state index contributed by atoms with van der Waals surface area (Å²) in [5.74, 6) is 0.706. The fraction of sp³-hybridized carbons (Fsp3) is 0.222. The minimum atomic E-state index is 0.706. The lowest BCUT2D eigenvalue weighted by molar-refractivity contribution is 0.537. The molecule has 1 aliphatic carbocycles. The van der Waals surface area contributed by atoms with Gasteiger partial charge >= 0.3 is 0 Å². The standard InChI is InChI=1S/C18H17NS2/c1-2-5-17-13(4-1)8-14(17)10-19-11-16-9-15(12-21-16)18-6-3-7-20-18/h1-7,9,12,14,19H,8,10-11H2. The van der Waals surface area contributed by atoms with Crippen molar-refractivity contribution in [3.05, 3.63) is 69.2 Å². The van der Waals surface area contributed by atoms with Crippen molar-refractivity contribution in [2.45, 2.75) is 18.9 Å². The summed E-state index contributed by atoms with van der Waals surface area (Å²) < 4.78 is 0. The summed E-state index contributed by atoms with van der Waals surface area (Å²) in [6.07, 6.45) is 1.23. The SMILES string of the molecule is c1csc(-c2csc(CNCC3Cc4ccccc43)c2)c1. The molecule has 21 heavy (non-hydrogen) atoms. The van der Waals surface area contributed by atoms with E-state index in [1.807, 2.05) is 22.7 Å². The van der Waals surface area contributed by atoms with Crippen molar-refractivity contribution < 1.29 is 0 Å². The zero-order valence-corrected chi connectivity index (χ0v) is 13.3. The van der Waals surface area contributed by atoms with Gasteiger partial charge in [-0.3, -0.25) is 0 Å². The van der Waals surface area contributed by atoms with Crippen LogP contribution in [0.1, 0.15) is 21.9 Å². The van der Waals surface area contributed by atoms with Gasteiger partial charge < -0.3 is 5.32 Å². The van der Waals surface area contributed by atoms with Crippen molar-refractivity contribution in [1.82, 2.24) is 5.32 Å². The molecule has 0 spiro atoms. The molecule has 0 saturated heterocycles. The number of benzene rings is 1. The molecule has 4 rings (SSSR count). The van der Waals surface area contributed by atoms with E-state index in [2.05, 4.69) is 58.5 Å². The average molecular weight is 311 g/mol. The molecule has 3 heteroatoms. The van der Waals surface area contributed by atoms with Crippen LogP contribution in [0.4, 0.5) is 0 Å². The van der Waals surface area contributed by atoms with E-state index < -0.39 is 0 Å². The first kappa shape index (κ1) is 13.3. The lowest BCUT2D eigenvalue weighted by atomic mass is 9.77. The molecule has 1 atom stereocenters. The Balaban J connectivity index is 1.32. The van der Waals surface area contributed by atoms with Gasteiger partial charge in [-0.05, 0) is 40.4 Å². The van der Waals surface area contributed by atoms with Crippen molar-refractivity contribution in [2.24, 2.45) is 0 Å². The Kier molecular flexibility index (Phi) is 3.63. The van der Waals surface area contributed by atoms with Gasteiger partial charge in [0.2, 0.25) is 0 Å². The molecule has 0 saturated carbocycles. The topological polar surface area (TPSA) is 12.0 Å². The molecule has 3 aromatic rings. The second kappa shape index (κ2) is 5.76. The molecule has 1 aromatic carbocycles. The molecular formula is C18H17NS2. The van der Waals surface area contributed by atoms with Gasteiger partial charge in [-0.25, -0.2) is 0 Å². The monoisotopic (exact) mass is 311 g/mol. The first-order valence-corrected chi connectivity index (χ1v) is 9.06. The van der Waals surface area contributed by atoms with Gasteiger partial charge in [0.25, 0.3) is 0 Å². The van der Waals surface area contributed by atoms with E-state index in [0.29, 0.717) is 5.92 Å². The first-order chi connectivity index (χ1) is 10.4. The summed E-state index contributed by atoms with van der Waals surface area (Å²) >= 11 is 3.66. The van der Waals surface area contributed by atoms with E-state index in [-0.39, 0.29) is 0 Å². The van der Waals surface area contributed by atoms with E-state index in [9.17, 15) is 0 Å². The van der Waals surface area contributed by atoms with Crippen LogP contribution in [0.15, 0.2) is 53.2 Å². The number of fused-ring (bicyclic) bond motifs is 1. The minimum Gasteiger partial charge on any atom is -0.311 e. The molecular weight excluding hydrogens is 294 g/mol. The van der Waals surface area contributed by atoms with Gasteiger partial charge in [0, 0.05) is 34.3 Å². The fourth-order valence-electron chi connectivity index (χ4n) is 2.96. The van der Waals surface area contributed by atoms with Crippen molar-refractivity contribution in [3.8, 4) is 10.4 Å². The predicted octanol–water partition coefficient (Wildman–Crippen LogP) is 4.91. The highest BCUT2D eigenvalue weighted by molar-refractivity contribution is 7.14. The number of nitrogens with one attached hydrogen (secondary N) is 1. The van der Waals surface area contributed by atoms with E-state index in [4.69, 9.17) is 0 Å². The maximum absolute atomic E-state index is 3.62. The zero-order valence-electron chi connectivity index (χ0n) is 11.7. The fourth-order valence-corrected chi connectivity index (χ4v) is 4.60. The number of hydrogen-bond donors (Lipinski definition) is 1. The molecule has 2 aromatic heterocycles. The summed E-state index contributed by atoms with van der Waals surface area (Å²) in [7, 11) is 0. The summed E-state index contributed by atoms with van der Waals surface area (Å²) in [6.45, 7) is 2.07. The summed E-state index contributed by atoms with van der Waals surface area (Å²) in [6, 6.07) is 15.4. The maximum Gasteiger partial charge on any atom is 0.0351 e. The molecule has 106 valence electrons. The van der Waals surface area contributed by atoms with Crippen molar-refractivity contribution in [2.75, 3.05) is 6.54 Å². The quantitative estimate of drug-likeness (QED) is 0.706. The highest BCUT2D eigenvalue weighted by Gasteiger charge is 2.24. The van der Waals surface area contributed by atoms with Crippen LogP contribution in [0, 0.1) is 0 Å². The zero-order chi connectivity index (χ0) is 14.1. The molecule has 1 nitrogen and oxygen atoms in total. The molecule has 1 aliphatic rings. The molecule has 0 fully saturated rings. The van der Waals surface area contributed by atoms with Crippen molar-refractivity contribution >= 4 is 22.7 Å². The van der Waals surface area contributed by atoms with Crippen LogP contribution >= 0.6 is 22.7 Å². The lowest BCUT2D eigenvalue weighted by Gasteiger charge is -2.30. The van der Waals surface area contributed by atoms with E-state index in [1.54, 1.807) is 0 Å². The van der Waals surface area contributed by atoms with Gasteiger partial charge in [0.05, 0.1) is 0 Å². The summed E-state index contributed by atoms with van der Waals surface area (Å²) in [4.78, 5) is 2.79. The second-order valence-corrected chi connectivity index (χ2v) is 7.45. The predicted molar refractivity (Wildman–Crippen MR) is 92.2 cm³/mol. The molecule has 1 N–H and O–H groups in total. The van der Waals surface area contributed by atoms with E-state index in [1.165, 1.54) is 32.9 Å². The molecule has 0 bridgehead atoms. The molecule has 1 unspecified atom stereocenters. The van der Waals surface area contributed by atoms with Crippen LogP contribution in [-0.2, 0) is 13.0 Å². The summed E-state index contributed by atoms with van der Waals surface area (Å²) in [5, 5.41) is 8.02. The second-order valence-electron chi connectivity index (χ2n) is 5.51. The first-order valence-electron chi connectivity index (χ1n) is 7.30. The maximum atomic E-state index is 3.62. The Morgan fingerprint density at radius 2 is 2.05 bits per heavy atom. The normalized spacial score (nSPS) is 16.5.